The second kappa shape index (κ2) is 5.29. The van der Waals surface area contributed by atoms with Crippen molar-refractivity contribution in [3.8, 4) is 0 Å². The molecule has 0 saturated carbocycles. The van der Waals surface area contributed by atoms with Crippen molar-refractivity contribution in [2.75, 3.05) is 19.7 Å². The lowest BCUT2D eigenvalue weighted by Crippen LogP contribution is -2.43. The number of ketones is 1. The predicted octanol–water partition coefficient (Wildman–Crippen LogP) is 0.591. The molecule has 0 aromatic carbocycles. The number of nitrogens with zero attached hydrogens (tertiary/aromatic N) is 2. The van der Waals surface area contributed by atoms with Gasteiger partial charge in [0.05, 0.1) is 28.9 Å². The minimum atomic E-state index is -0.328. The summed E-state index contributed by atoms with van der Waals surface area (Å²) in [7, 11) is 1.85. The highest BCUT2D eigenvalue weighted by molar-refractivity contribution is 9.10. The molecule has 0 amide bonds. The number of nitrogens with one attached hydrogen (secondary N) is 1. The van der Waals surface area contributed by atoms with Crippen LogP contribution in [-0.2, 0) is 23.0 Å². The lowest BCUT2D eigenvalue weighted by atomic mass is 10.1. The van der Waals surface area contributed by atoms with Crippen molar-refractivity contribution in [3.05, 3.63) is 15.9 Å². The van der Waals surface area contributed by atoms with Crippen molar-refractivity contribution >= 4 is 21.7 Å². The Labute approximate surface area is 109 Å². The fourth-order valence-corrected chi connectivity index (χ4v) is 2.40. The number of ether oxygens (including phenoxy) is 1. The Balaban J connectivity index is 2.07. The first-order chi connectivity index (χ1) is 8.09. The molecule has 1 aliphatic rings. The number of carbonyl (C=O) groups is 1. The first kappa shape index (κ1) is 12.7. The van der Waals surface area contributed by atoms with E-state index in [1.165, 1.54) is 0 Å². The standard InChI is InChI=1S/C11H16BrN3O2/c1-7-11(12)8(15(2)14-7)5-9(16)10-6-13-3-4-17-10/h10,13H,3-6H2,1-2H3. The van der Waals surface area contributed by atoms with Crippen LogP contribution in [0.25, 0.3) is 0 Å². The van der Waals surface area contributed by atoms with Crippen LogP contribution in [0.2, 0.25) is 0 Å². The zero-order valence-corrected chi connectivity index (χ0v) is 11.6. The zero-order valence-electron chi connectivity index (χ0n) is 9.99. The average molecular weight is 302 g/mol. The van der Waals surface area contributed by atoms with E-state index in [0.29, 0.717) is 19.6 Å². The van der Waals surface area contributed by atoms with Crippen LogP contribution in [0.3, 0.4) is 0 Å². The number of halogens is 1. The smallest absolute Gasteiger partial charge is 0.168 e. The topological polar surface area (TPSA) is 56.2 Å². The molecule has 0 bridgehead atoms. The van der Waals surface area contributed by atoms with E-state index in [1.54, 1.807) is 4.68 Å². The summed E-state index contributed by atoms with van der Waals surface area (Å²) in [5, 5.41) is 7.43. The number of aromatic nitrogens is 2. The summed E-state index contributed by atoms with van der Waals surface area (Å²) in [6.07, 6.45) is 0.0235. The highest BCUT2D eigenvalue weighted by Crippen LogP contribution is 2.21. The molecule has 1 atom stereocenters. The summed E-state index contributed by atoms with van der Waals surface area (Å²) in [5.74, 6) is 0.0981. The number of Topliss-reactive ketones (excluding diaryl/α,β-unsaturated/α-hetero) is 1. The maximum absolute atomic E-state index is 12.1. The van der Waals surface area contributed by atoms with Gasteiger partial charge in [-0.1, -0.05) is 0 Å². The molecule has 1 unspecified atom stereocenters. The van der Waals surface area contributed by atoms with Gasteiger partial charge in [0, 0.05) is 20.1 Å². The van der Waals surface area contributed by atoms with Crippen LogP contribution in [0.5, 0.6) is 0 Å². The normalized spacial score (nSPS) is 20.5. The molecule has 1 saturated heterocycles. The quantitative estimate of drug-likeness (QED) is 0.888. The monoisotopic (exact) mass is 301 g/mol. The van der Waals surface area contributed by atoms with Gasteiger partial charge in [-0.15, -0.1) is 0 Å². The van der Waals surface area contributed by atoms with Crippen molar-refractivity contribution in [3.63, 3.8) is 0 Å². The molecule has 0 aliphatic carbocycles. The third kappa shape index (κ3) is 2.75. The third-order valence-corrected chi connectivity index (χ3v) is 3.92. The minimum absolute atomic E-state index is 0.0981. The summed E-state index contributed by atoms with van der Waals surface area (Å²) >= 11 is 3.46. The molecule has 0 radical (unpaired) electrons. The van der Waals surface area contributed by atoms with Gasteiger partial charge in [-0.05, 0) is 22.9 Å². The Morgan fingerprint density at radius 3 is 3.00 bits per heavy atom. The van der Waals surface area contributed by atoms with Crippen LogP contribution in [0, 0.1) is 6.92 Å². The fourth-order valence-electron chi connectivity index (χ4n) is 1.92. The first-order valence-electron chi connectivity index (χ1n) is 5.62. The summed E-state index contributed by atoms with van der Waals surface area (Å²) in [6, 6.07) is 0. The number of carbonyl (C=O) groups excluding carboxylic acids is 1. The lowest BCUT2D eigenvalue weighted by Gasteiger charge is -2.22. The van der Waals surface area contributed by atoms with Crippen molar-refractivity contribution in [2.24, 2.45) is 7.05 Å². The van der Waals surface area contributed by atoms with E-state index in [4.69, 9.17) is 4.74 Å². The third-order valence-electron chi connectivity index (χ3n) is 2.89. The molecule has 5 nitrogen and oxygen atoms in total. The molecule has 1 aliphatic heterocycles. The highest BCUT2D eigenvalue weighted by atomic mass is 79.9. The molecular weight excluding hydrogens is 286 g/mol. The summed E-state index contributed by atoms with van der Waals surface area (Å²) in [6.45, 7) is 3.93. The van der Waals surface area contributed by atoms with Gasteiger partial charge in [-0.3, -0.25) is 9.48 Å². The Bertz CT molecular complexity index is 425. The Kier molecular flexibility index (Phi) is 3.96. The van der Waals surface area contributed by atoms with E-state index in [0.717, 1.165) is 22.4 Å². The number of rotatable bonds is 3. The molecule has 1 N–H and O–H groups in total. The molecule has 17 heavy (non-hydrogen) atoms. The summed E-state index contributed by atoms with van der Waals surface area (Å²) in [5.41, 5.74) is 1.81. The van der Waals surface area contributed by atoms with E-state index in [1.807, 2.05) is 14.0 Å². The second-order valence-corrected chi connectivity index (χ2v) is 4.97. The van der Waals surface area contributed by atoms with Gasteiger partial charge in [-0.25, -0.2) is 0 Å². The highest BCUT2D eigenvalue weighted by Gasteiger charge is 2.24. The van der Waals surface area contributed by atoms with Crippen LogP contribution in [0.4, 0.5) is 0 Å². The molecule has 94 valence electrons. The van der Waals surface area contributed by atoms with Crippen LogP contribution in [-0.4, -0.2) is 41.4 Å². The summed E-state index contributed by atoms with van der Waals surface area (Å²) < 4.78 is 8.10. The minimum Gasteiger partial charge on any atom is -0.368 e. The Hall–Kier alpha value is -0.720. The van der Waals surface area contributed by atoms with E-state index < -0.39 is 0 Å². The van der Waals surface area contributed by atoms with Crippen molar-refractivity contribution in [2.45, 2.75) is 19.4 Å². The lowest BCUT2D eigenvalue weighted by molar-refractivity contribution is -0.131. The first-order valence-corrected chi connectivity index (χ1v) is 6.42. The predicted molar refractivity (Wildman–Crippen MR) is 67.0 cm³/mol. The fraction of sp³-hybridized carbons (Fsp3) is 0.636. The molecular formula is C11H16BrN3O2. The van der Waals surface area contributed by atoms with Gasteiger partial charge < -0.3 is 10.1 Å². The van der Waals surface area contributed by atoms with Crippen molar-refractivity contribution in [1.82, 2.24) is 15.1 Å². The molecule has 2 heterocycles. The van der Waals surface area contributed by atoms with Crippen LogP contribution in [0.15, 0.2) is 4.47 Å². The molecule has 1 aromatic heterocycles. The van der Waals surface area contributed by atoms with Gasteiger partial charge in [0.1, 0.15) is 6.10 Å². The Morgan fingerprint density at radius 2 is 2.47 bits per heavy atom. The van der Waals surface area contributed by atoms with Gasteiger partial charge >= 0.3 is 0 Å². The largest absolute Gasteiger partial charge is 0.368 e. The second-order valence-electron chi connectivity index (χ2n) is 4.18. The van der Waals surface area contributed by atoms with Gasteiger partial charge in [0.25, 0.3) is 0 Å². The van der Waals surface area contributed by atoms with Gasteiger partial charge in [0.2, 0.25) is 0 Å². The maximum Gasteiger partial charge on any atom is 0.168 e. The van der Waals surface area contributed by atoms with Crippen molar-refractivity contribution < 1.29 is 9.53 Å². The number of hydrogen-bond donors (Lipinski definition) is 1. The summed E-state index contributed by atoms with van der Waals surface area (Å²) in [4.78, 5) is 12.1. The zero-order chi connectivity index (χ0) is 12.4. The van der Waals surface area contributed by atoms with Crippen LogP contribution >= 0.6 is 15.9 Å². The van der Waals surface area contributed by atoms with Gasteiger partial charge in [0.15, 0.2) is 5.78 Å². The van der Waals surface area contributed by atoms with Crippen LogP contribution < -0.4 is 5.32 Å². The number of morpholine rings is 1. The average Bonchev–Trinajstić information content (AvgIpc) is 2.57. The van der Waals surface area contributed by atoms with E-state index in [-0.39, 0.29) is 11.9 Å². The van der Waals surface area contributed by atoms with Crippen LogP contribution in [0.1, 0.15) is 11.4 Å². The maximum atomic E-state index is 12.1. The Morgan fingerprint density at radius 1 is 1.71 bits per heavy atom. The van der Waals surface area contributed by atoms with Crippen molar-refractivity contribution in [1.29, 1.82) is 0 Å². The van der Waals surface area contributed by atoms with E-state index in [9.17, 15) is 4.79 Å². The molecule has 1 fully saturated rings. The van der Waals surface area contributed by atoms with E-state index in [2.05, 4.69) is 26.3 Å². The molecule has 2 rings (SSSR count). The molecule has 0 spiro atoms. The number of aryl methyl sites for hydroxylation is 2. The molecule has 6 heteroatoms. The van der Waals surface area contributed by atoms with Gasteiger partial charge in [-0.2, -0.15) is 5.10 Å². The molecule has 1 aromatic rings. The number of hydrogen-bond acceptors (Lipinski definition) is 4. The SMILES string of the molecule is Cc1nn(C)c(CC(=O)C2CNCCO2)c1Br. The van der Waals surface area contributed by atoms with E-state index >= 15 is 0 Å².